The number of hydrogen-bond acceptors (Lipinski definition) is 29. The van der Waals surface area contributed by atoms with Crippen molar-refractivity contribution in [3.8, 4) is 33.4 Å². The minimum absolute atomic E-state index is 0. The number of amides is 7. The van der Waals surface area contributed by atoms with E-state index < -0.39 is 65.9 Å². The summed E-state index contributed by atoms with van der Waals surface area (Å²) in [7, 11) is 0.284. The summed E-state index contributed by atoms with van der Waals surface area (Å²) in [4.78, 5) is 162. The Morgan fingerprint density at radius 1 is 0.481 bits per heavy atom. The van der Waals surface area contributed by atoms with Crippen LogP contribution in [0.15, 0.2) is 198 Å². The smallest absolute Gasteiger partial charge is 0.480 e. The first kappa shape index (κ1) is 101. The highest BCUT2D eigenvalue weighted by Crippen LogP contribution is 2.48. The van der Waals surface area contributed by atoms with Gasteiger partial charge in [0.15, 0.2) is 22.8 Å². The summed E-state index contributed by atoms with van der Waals surface area (Å²) < 4.78 is 33.5. The number of nitrogens with one attached hydrogen (secondary N) is 3. The van der Waals surface area contributed by atoms with Crippen LogP contribution in [-0.4, -0.2) is 218 Å². The number of nitrogens with zero attached hydrogens (tertiary/aromatic N) is 19. The van der Waals surface area contributed by atoms with Crippen LogP contribution in [-0.2, 0) is 64.4 Å². The van der Waals surface area contributed by atoms with Gasteiger partial charge < -0.3 is 68.4 Å². The van der Waals surface area contributed by atoms with Crippen LogP contribution in [0, 0.1) is 11.8 Å². The highest BCUT2D eigenvalue weighted by atomic mass is 79.9. The molecule has 0 bridgehead atoms. The molecule has 14 N–H and O–H groups in total. The van der Waals surface area contributed by atoms with Crippen molar-refractivity contribution < 1.29 is 78.3 Å². The molecule has 2 saturated carbocycles. The number of alkyl halides is 1. The van der Waals surface area contributed by atoms with E-state index in [1.165, 1.54) is 70.3 Å². The molecule has 4 fully saturated rings. The zero-order valence-electron chi connectivity index (χ0n) is 74.5. The lowest BCUT2D eigenvalue weighted by molar-refractivity contribution is -0.156. The van der Waals surface area contributed by atoms with Crippen molar-refractivity contribution in [2.75, 3.05) is 17.8 Å². The number of hydrogen-bond donors (Lipinski definition) is 10. The summed E-state index contributed by atoms with van der Waals surface area (Å²) in [6.07, 6.45) is 21.9. The van der Waals surface area contributed by atoms with E-state index in [-0.39, 0.29) is 91.2 Å². The van der Waals surface area contributed by atoms with Crippen molar-refractivity contribution in [3.05, 3.63) is 221 Å². The fourth-order valence-corrected chi connectivity index (χ4v) is 15.6. The van der Waals surface area contributed by atoms with Crippen molar-refractivity contribution in [1.82, 2.24) is 99.2 Å². The van der Waals surface area contributed by atoms with Gasteiger partial charge in [0, 0.05) is 111 Å². The van der Waals surface area contributed by atoms with Gasteiger partial charge in [-0.25, -0.2) is 49.8 Å². The van der Waals surface area contributed by atoms with E-state index in [0.29, 0.717) is 90.9 Å². The third-order valence-corrected chi connectivity index (χ3v) is 21.6. The molecule has 18 rings (SSSR count). The number of carbonyl (C=O) groups excluding carboxylic acids is 9. The molecule has 2 aliphatic heterocycles. The highest BCUT2D eigenvalue weighted by Gasteiger charge is 2.56. The number of likely N-dealkylation sites (tertiary alicyclic amines) is 1. The van der Waals surface area contributed by atoms with Crippen LogP contribution in [0.25, 0.3) is 77.0 Å². The lowest BCUT2D eigenvalue weighted by Gasteiger charge is -2.26. The van der Waals surface area contributed by atoms with E-state index in [4.69, 9.17) is 48.9 Å². The van der Waals surface area contributed by atoms with Crippen LogP contribution in [0.4, 0.5) is 16.0 Å². The molecule has 47 heteroatoms. The molecule has 702 valence electrons. The van der Waals surface area contributed by atoms with Crippen LogP contribution in [0.2, 0.25) is 0 Å². The van der Waals surface area contributed by atoms with Crippen LogP contribution in [0.1, 0.15) is 118 Å². The topological polar surface area (TPSA) is 593 Å². The number of halogens is 5. The number of aliphatic carboxylic acids is 1. The average molecular weight is 2060 g/mol. The molecular weight excluding hydrogens is 1970 g/mol. The number of esters is 2. The molecule has 12 heterocycles. The normalized spacial score (nSPS) is 15.6. The standard InChI is InChI=1S/C25H21BrN8O3.C18H19N5O3.C14H16BrN3O3.C14H11N5O3.C11H12BrN3O.C4H5BN2O2.CH3F.CH4.ClH/c26-20-2-1-3-21(30-20)31-25(37)19-8-14-7-18(14)34(19)22(35)11-33-17-5-4-13(15-9-28-12-29-10-15)6-16(17)23(32-33)24(27)36;1-18(2,3)26-15(24)9-23-14-5-4-11(12-7-20-10-21-8-12)6-13(14)16(22-23)17(19)25;1-14(2,3)21-11(19)7-18-10-5-4-8(15)6-9(10)12(17-18)13(16)20;15-14(22)13-10-3-8(9-4-16-7-17-5-9)1-2-11(10)19(18-13)6-12(20)21;12-9-2-1-3-10(14-9)15-11(16)8-5-6-4-7(6)13-8;8-5(9)4-1-6-3-7-2-4;1-2;;/h1-6,9-10,12,14,18-19H,7-8,11H2,(H2,27,36)(H,30,31,37);4-8,10H,9H2,1-3H3,(H2,19,25);4-6H,7H2,1-3H3,(H2,16,20);1-5,7H,6H2,(H2,15,22)(H,20,21);1-3,6-8,13H,4-5H2,(H,14,15,16);1-3,8-9H;1H3;1H4;1H/t14-,18-,19+;;;;6-,7-,8+;;;;/m1...1..../s1/i;;;;;;;1D;. The first-order chi connectivity index (χ1) is 64.4. The number of piperidine rings is 2. The Kier molecular flexibility index (Phi) is 34.0. The molecule has 6 atom stereocenters. The Bertz CT molecular complexity index is 6680. The zero-order chi connectivity index (χ0) is 97.9. The number of fused-ring (bicyclic) bond motifs is 6. The van der Waals surface area contributed by atoms with E-state index in [1.807, 2.05) is 24.3 Å². The molecule has 10 aromatic heterocycles. The number of nitrogens with two attached hydrogens (primary N) is 4. The maximum absolute atomic E-state index is 13.5. The number of carbonyl (C=O) groups is 10. The molecule has 0 radical (unpaired) electrons. The largest absolute Gasteiger partial charge is 0.491 e. The Balaban J connectivity index is 0.000000174. The van der Waals surface area contributed by atoms with Gasteiger partial charge >= 0.3 is 25.0 Å². The van der Waals surface area contributed by atoms with Crippen LogP contribution >= 0.6 is 60.2 Å². The zero-order valence-corrected chi connectivity index (χ0v) is 79.1. The molecule has 4 aliphatic rings. The van der Waals surface area contributed by atoms with Gasteiger partial charge in [0.25, 0.3) is 23.6 Å². The van der Waals surface area contributed by atoms with E-state index >= 15 is 0 Å². The Morgan fingerprint density at radius 3 is 1.19 bits per heavy atom. The molecule has 4 aromatic carbocycles. The number of rotatable bonds is 20. The van der Waals surface area contributed by atoms with E-state index in [0.717, 1.165) is 61.2 Å². The van der Waals surface area contributed by atoms with E-state index in [2.05, 4.69) is 134 Å². The third kappa shape index (κ3) is 27.0. The molecule has 0 unspecified atom stereocenters. The van der Waals surface area contributed by atoms with Gasteiger partial charge in [-0.05, 0) is 206 Å². The molecule has 0 spiro atoms. The first-order valence-corrected chi connectivity index (χ1v) is 43.0. The maximum atomic E-state index is 13.5. The average Bonchev–Trinajstić information content (AvgIpc) is 1.58. The molecule has 2 aliphatic carbocycles. The number of carboxylic acid groups (broad SMARTS) is 1. The Labute approximate surface area is 802 Å². The number of aromatic nitrogens is 18. The lowest BCUT2D eigenvalue weighted by atomic mass is 9.83. The first-order valence-electron chi connectivity index (χ1n) is 41.6. The van der Waals surface area contributed by atoms with Gasteiger partial charge in [-0.15, -0.1) is 12.4 Å². The Hall–Kier alpha value is -14.3. The van der Waals surface area contributed by atoms with Gasteiger partial charge in [0.2, 0.25) is 17.7 Å². The van der Waals surface area contributed by atoms with Crippen molar-refractivity contribution in [1.29, 1.82) is 0 Å². The fraction of sp³-hybridized carbons (Fsp3) is 0.273. The van der Waals surface area contributed by atoms with Gasteiger partial charge in [-0.2, -0.15) is 20.4 Å². The van der Waals surface area contributed by atoms with Crippen LogP contribution < -0.4 is 44.3 Å². The van der Waals surface area contributed by atoms with Gasteiger partial charge in [0.1, 0.15) is 89.6 Å². The number of carboxylic acids is 1. The second kappa shape index (κ2) is 45.4. The van der Waals surface area contributed by atoms with Crippen LogP contribution in [0.3, 0.4) is 0 Å². The van der Waals surface area contributed by atoms with Crippen molar-refractivity contribution >= 4 is 187 Å². The number of pyridine rings is 2. The predicted octanol–water partition coefficient (Wildman–Crippen LogP) is 8.56. The number of primary amides is 4. The fourth-order valence-electron chi connectivity index (χ4n) is 14.5. The van der Waals surface area contributed by atoms with Crippen LogP contribution in [0.5, 0.6) is 0 Å². The molecule has 41 nitrogen and oxygen atoms in total. The summed E-state index contributed by atoms with van der Waals surface area (Å²) in [5.41, 5.74) is 28.3. The monoisotopic (exact) mass is 2060 g/mol. The second-order valence-electron chi connectivity index (χ2n) is 32.2. The van der Waals surface area contributed by atoms with Gasteiger partial charge in [-0.3, -0.25) is 71.1 Å². The van der Waals surface area contributed by atoms with Crippen molar-refractivity contribution in [2.24, 2.45) is 34.8 Å². The summed E-state index contributed by atoms with van der Waals surface area (Å²) in [6, 6.07) is 32.0. The predicted molar refractivity (Wildman–Crippen MR) is 508 cm³/mol. The molecule has 135 heavy (non-hydrogen) atoms. The molecular formula is C88H92BBr3ClFN26O15. The minimum atomic E-state index is -1.47. The number of benzene rings is 4. The summed E-state index contributed by atoms with van der Waals surface area (Å²) >= 11 is 9.91. The number of anilines is 2. The van der Waals surface area contributed by atoms with Gasteiger partial charge in [-0.1, -0.05) is 53.7 Å². The maximum Gasteiger partial charge on any atom is 0.491 e. The Morgan fingerprint density at radius 2 is 0.844 bits per heavy atom. The summed E-state index contributed by atoms with van der Waals surface area (Å²) in [5, 5.41) is 53.7. The molecule has 2 saturated heterocycles. The lowest BCUT2D eigenvalue weighted by Crippen LogP contribution is -2.46. The van der Waals surface area contributed by atoms with E-state index in [1.54, 1.807) is 169 Å². The molecule has 7 amide bonds. The minimum Gasteiger partial charge on any atom is -0.480 e. The molecule has 14 aromatic rings. The van der Waals surface area contributed by atoms with Crippen molar-refractivity contribution in [3.63, 3.8) is 0 Å². The summed E-state index contributed by atoms with van der Waals surface area (Å²) in [6.45, 7) is 10.1. The van der Waals surface area contributed by atoms with Crippen molar-refractivity contribution in [2.45, 2.75) is 136 Å². The highest BCUT2D eigenvalue weighted by molar-refractivity contribution is 9.11. The number of ether oxygens (including phenoxy) is 2. The SMILES string of the molecule is CC(C)(C)OC(=O)Cn1nc(C(N)=O)c2cc(-c3cncnc3)ccc21.CC(C)(C)OC(=O)Cn1nc(C(N)=O)c2cc(Br)ccc21.CF.Cl.NC(=O)c1nn(CC(=O)N2[C@@H]3C[C@@H]3C[C@H]2C(=O)Nc2cccc(Br)n2)c2ccc(-c3cncnc3)cc12.NC(=O)c1nn(CC(=O)O)c2ccc(-c3cncnc3)cc12.O=C(Nc1cccc(Br)n1)[C@@H]1C[C@H]2C[C@H]2N1.OB(O)c1cncnc1.[2H]C. The summed E-state index contributed by atoms with van der Waals surface area (Å²) in [5.74, 6) is -3.08. The second-order valence-corrected chi connectivity index (χ2v) is 34.7. The van der Waals surface area contributed by atoms with E-state index in [9.17, 15) is 52.3 Å². The van der Waals surface area contributed by atoms with Gasteiger partial charge in [0.05, 0.1) is 35.3 Å². The quantitative estimate of drug-likeness (QED) is 0.0194. The third-order valence-electron chi connectivity index (χ3n) is 20.2.